The predicted octanol–water partition coefficient (Wildman–Crippen LogP) is -0.498. The highest BCUT2D eigenvalue weighted by Crippen LogP contribution is 2.36. The lowest BCUT2D eigenvalue weighted by atomic mass is 9.92. The van der Waals surface area contributed by atoms with E-state index < -0.39 is 29.9 Å². The van der Waals surface area contributed by atoms with Crippen LogP contribution in [-0.2, 0) is 14.4 Å². The number of carboxylic acids is 1. The summed E-state index contributed by atoms with van der Waals surface area (Å²) in [5.41, 5.74) is 10.9. The highest BCUT2D eigenvalue weighted by atomic mass is 16.4. The fraction of sp³-hybridized carbons (Fsp3) is 0.750. The van der Waals surface area contributed by atoms with E-state index in [1.807, 2.05) is 13.8 Å². The molecule has 0 aromatic carbocycles. The highest BCUT2D eigenvalue weighted by molar-refractivity contribution is 5.87. The third-order valence-electron chi connectivity index (χ3n) is 4.48. The van der Waals surface area contributed by atoms with Gasteiger partial charge in [0.05, 0.1) is 12.0 Å². The molecule has 0 heterocycles. The first kappa shape index (κ1) is 20.7. The van der Waals surface area contributed by atoms with Gasteiger partial charge in [-0.1, -0.05) is 6.92 Å². The Kier molecular flexibility index (Phi) is 7.66. The second kappa shape index (κ2) is 9.24. The molecule has 1 aliphatic carbocycles. The van der Waals surface area contributed by atoms with E-state index in [9.17, 15) is 19.5 Å². The van der Waals surface area contributed by atoms with Crippen LogP contribution in [0, 0.1) is 11.8 Å². The number of carbonyl (C=O) groups is 3. The largest absolute Gasteiger partial charge is 0.481 e. The maximum Gasteiger partial charge on any atom is 0.306 e. The number of aliphatic carboxylic acids is 1. The number of likely N-dealkylation sites (N-methyl/N-ethyl adjacent to an activating group) is 1. The molecule has 0 bridgehead atoms. The number of hydrogen-bond acceptors (Lipinski definition) is 4. The van der Waals surface area contributed by atoms with Crippen molar-refractivity contribution in [3.8, 4) is 0 Å². The summed E-state index contributed by atoms with van der Waals surface area (Å²) >= 11 is 0. The Balaban J connectivity index is 3.16. The minimum absolute atomic E-state index is 0.157. The molecule has 0 aliphatic heterocycles. The topological polar surface area (TPSA) is 151 Å². The Labute approximate surface area is 147 Å². The van der Waals surface area contributed by atoms with Gasteiger partial charge in [0.1, 0.15) is 6.04 Å². The van der Waals surface area contributed by atoms with Crippen LogP contribution in [0.5, 0.6) is 0 Å². The second-order valence-electron chi connectivity index (χ2n) is 6.39. The number of carbonyl (C=O) groups excluding carboxylic acids is 2. The summed E-state index contributed by atoms with van der Waals surface area (Å²) < 4.78 is 0. The zero-order valence-electron chi connectivity index (χ0n) is 15.1. The van der Waals surface area contributed by atoms with Gasteiger partial charge in [-0.15, -0.1) is 0 Å². The standard InChI is InChI=1S/C16H29N5O4/c1-4-6-21(5-2)14(23)13(19-9(3)22)11-7-10(15(24)25)8-12(11)20-16(17)18/h10-13H,4-8H2,1-3H3,(H,19,22)(H,24,25)(H4,17,18,20)/t10?,11-,12+,13?/m1/s1. The van der Waals surface area contributed by atoms with E-state index in [-0.39, 0.29) is 30.6 Å². The molecule has 0 aromatic rings. The Morgan fingerprint density at radius 3 is 2.36 bits per heavy atom. The molecule has 0 spiro atoms. The molecule has 9 heteroatoms. The van der Waals surface area contributed by atoms with Gasteiger partial charge < -0.3 is 26.8 Å². The second-order valence-corrected chi connectivity index (χ2v) is 6.39. The molecule has 9 nitrogen and oxygen atoms in total. The minimum atomic E-state index is -0.951. The first-order valence-corrected chi connectivity index (χ1v) is 8.58. The maximum atomic E-state index is 12.9. The number of nitrogens with two attached hydrogens (primary N) is 2. The van der Waals surface area contributed by atoms with E-state index in [0.29, 0.717) is 13.1 Å². The molecule has 2 amide bonds. The van der Waals surface area contributed by atoms with Crippen LogP contribution in [0.25, 0.3) is 0 Å². The molecule has 1 saturated carbocycles. The molecule has 25 heavy (non-hydrogen) atoms. The average molecular weight is 355 g/mol. The van der Waals surface area contributed by atoms with E-state index in [0.717, 1.165) is 6.42 Å². The van der Waals surface area contributed by atoms with Crippen molar-refractivity contribution in [3.63, 3.8) is 0 Å². The number of amides is 2. The fourth-order valence-corrected chi connectivity index (χ4v) is 3.41. The first-order valence-electron chi connectivity index (χ1n) is 8.58. The van der Waals surface area contributed by atoms with Crippen molar-refractivity contribution in [2.24, 2.45) is 28.3 Å². The number of nitrogens with zero attached hydrogens (tertiary/aromatic N) is 2. The van der Waals surface area contributed by atoms with Crippen LogP contribution in [-0.4, -0.2) is 58.9 Å². The molecular formula is C16H29N5O4. The molecule has 0 radical (unpaired) electrons. The van der Waals surface area contributed by atoms with Crippen LogP contribution in [0.4, 0.5) is 0 Å². The van der Waals surface area contributed by atoms with Crippen molar-refractivity contribution in [3.05, 3.63) is 0 Å². The van der Waals surface area contributed by atoms with E-state index in [4.69, 9.17) is 11.5 Å². The Morgan fingerprint density at radius 1 is 1.28 bits per heavy atom. The molecule has 4 atom stereocenters. The van der Waals surface area contributed by atoms with E-state index in [1.165, 1.54) is 6.92 Å². The summed E-state index contributed by atoms with van der Waals surface area (Å²) in [5, 5.41) is 12.0. The van der Waals surface area contributed by atoms with Gasteiger partial charge in [0.2, 0.25) is 11.8 Å². The summed E-state index contributed by atoms with van der Waals surface area (Å²) in [4.78, 5) is 41.8. The third kappa shape index (κ3) is 5.61. The van der Waals surface area contributed by atoms with Crippen LogP contribution in [0.15, 0.2) is 4.99 Å². The quantitative estimate of drug-likeness (QED) is 0.340. The van der Waals surface area contributed by atoms with Crippen molar-refractivity contribution in [1.29, 1.82) is 0 Å². The SMILES string of the molecule is CCCN(CC)C(=O)C(NC(C)=O)[C@@H]1CC(C(=O)O)C[C@@H]1N=C(N)N. The van der Waals surface area contributed by atoms with Gasteiger partial charge in [-0.3, -0.25) is 14.4 Å². The molecule has 6 N–H and O–H groups in total. The van der Waals surface area contributed by atoms with Crippen molar-refractivity contribution in [2.45, 2.75) is 52.1 Å². The van der Waals surface area contributed by atoms with Crippen LogP contribution >= 0.6 is 0 Å². The number of rotatable bonds is 8. The summed E-state index contributed by atoms with van der Waals surface area (Å²) in [6, 6.07) is -1.37. The first-order chi connectivity index (χ1) is 11.7. The lowest BCUT2D eigenvalue weighted by Gasteiger charge is -2.31. The summed E-state index contributed by atoms with van der Waals surface area (Å²) in [5.74, 6) is -2.81. The van der Waals surface area contributed by atoms with Crippen LogP contribution in [0.3, 0.4) is 0 Å². The van der Waals surface area contributed by atoms with Gasteiger partial charge in [0.15, 0.2) is 5.96 Å². The van der Waals surface area contributed by atoms with Crippen LogP contribution in [0.1, 0.15) is 40.0 Å². The van der Waals surface area contributed by atoms with Gasteiger partial charge >= 0.3 is 5.97 Å². The van der Waals surface area contributed by atoms with Gasteiger partial charge in [-0.05, 0) is 26.2 Å². The molecule has 1 fully saturated rings. The number of hydrogen-bond donors (Lipinski definition) is 4. The summed E-state index contributed by atoms with van der Waals surface area (Å²) in [7, 11) is 0. The average Bonchev–Trinajstić information content (AvgIpc) is 2.92. The molecule has 0 aromatic heterocycles. The van der Waals surface area contributed by atoms with Crippen LogP contribution < -0.4 is 16.8 Å². The van der Waals surface area contributed by atoms with E-state index >= 15 is 0 Å². The summed E-state index contributed by atoms with van der Waals surface area (Å²) in [6.45, 7) is 6.22. The monoisotopic (exact) mass is 355 g/mol. The van der Waals surface area contributed by atoms with Gasteiger partial charge in [-0.2, -0.15) is 0 Å². The maximum absolute atomic E-state index is 12.9. The number of carboxylic acid groups (broad SMARTS) is 1. The van der Waals surface area contributed by atoms with Crippen molar-refractivity contribution >= 4 is 23.7 Å². The Hall–Kier alpha value is -2.32. The van der Waals surface area contributed by atoms with Gasteiger partial charge in [0.25, 0.3) is 0 Å². The van der Waals surface area contributed by atoms with E-state index in [1.54, 1.807) is 4.90 Å². The zero-order chi connectivity index (χ0) is 19.1. The highest BCUT2D eigenvalue weighted by Gasteiger charge is 2.45. The molecule has 0 saturated heterocycles. The lowest BCUT2D eigenvalue weighted by Crippen LogP contribution is -2.53. The van der Waals surface area contributed by atoms with Crippen molar-refractivity contribution < 1.29 is 19.5 Å². The van der Waals surface area contributed by atoms with Crippen molar-refractivity contribution in [2.75, 3.05) is 13.1 Å². The van der Waals surface area contributed by atoms with Gasteiger partial charge in [0, 0.05) is 25.9 Å². The molecule has 1 rings (SSSR count). The number of nitrogens with one attached hydrogen (secondary N) is 1. The fourth-order valence-electron chi connectivity index (χ4n) is 3.41. The molecular weight excluding hydrogens is 326 g/mol. The molecule has 2 unspecified atom stereocenters. The van der Waals surface area contributed by atoms with Gasteiger partial charge in [-0.25, -0.2) is 4.99 Å². The van der Waals surface area contributed by atoms with Crippen molar-refractivity contribution in [1.82, 2.24) is 10.2 Å². The molecule has 142 valence electrons. The summed E-state index contributed by atoms with van der Waals surface area (Å²) in [6.07, 6.45) is 1.25. The normalized spacial score (nSPS) is 23.6. The third-order valence-corrected chi connectivity index (χ3v) is 4.48. The Bertz CT molecular complexity index is 533. The van der Waals surface area contributed by atoms with Crippen LogP contribution in [0.2, 0.25) is 0 Å². The van der Waals surface area contributed by atoms with E-state index in [2.05, 4.69) is 10.3 Å². The molecule has 1 aliphatic rings. The number of guanidine groups is 1. The minimum Gasteiger partial charge on any atom is -0.481 e. The predicted molar refractivity (Wildman–Crippen MR) is 93.6 cm³/mol. The lowest BCUT2D eigenvalue weighted by molar-refractivity contribution is -0.142. The zero-order valence-corrected chi connectivity index (χ0v) is 15.1. The Morgan fingerprint density at radius 2 is 1.92 bits per heavy atom. The smallest absolute Gasteiger partial charge is 0.306 e. The number of aliphatic imine (C=N–C) groups is 1.